The second-order valence-electron chi connectivity index (χ2n) is 5.06. The topological polar surface area (TPSA) is 83.6 Å². The zero-order valence-corrected chi connectivity index (χ0v) is 10.8. The zero-order valence-electron chi connectivity index (χ0n) is 10.0. The molecule has 0 amide bonds. The van der Waals surface area contributed by atoms with Gasteiger partial charge in [-0.25, -0.2) is 8.42 Å². The molecule has 0 aromatic rings. The first kappa shape index (κ1) is 13.9. The van der Waals surface area contributed by atoms with Crippen LogP contribution >= 0.6 is 0 Å². The first-order chi connectivity index (χ1) is 7.26. The number of nitrogens with two attached hydrogens (primary N) is 1. The Morgan fingerprint density at radius 3 is 2.69 bits per heavy atom. The number of hydrogen-bond acceptors (Lipinski definition) is 5. The standard InChI is InChI=1S/C10H22N2O3S/c1-9-7-16(14,15)6-5-12(9)4-3-10(2,11)8-13/h9,13H,3-8,11H2,1-2H3. The average molecular weight is 250 g/mol. The molecule has 6 heteroatoms. The zero-order chi connectivity index (χ0) is 12.4. The van der Waals surface area contributed by atoms with E-state index in [1.54, 1.807) is 6.92 Å². The lowest BCUT2D eigenvalue weighted by Crippen LogP contribution is -2.50. The maximum Gasteiger partial charge on any atom is 0.153 e. The lowest BCUT2D eigenvalue weighted by molar-refractivity contribution is 0.161. The van der Waals surface area contributed by atoms with Gasteiger partial charge in [0.2, 0.25) is 0 Å². The second kappa shape index (κ2) is 5.00. The Morgan fingerprint density at radius 2 is 2.19 bits per heavy atom. The minimum absolute atomic E-state index is 0.0481. The van der Waals surface area contributed by atoms with Crippen LogP contribution in [0.2, 0.25) is 0 Å². The molecule has 1 aliphatic heterocycles. The molecule has 1 saturated heterocycles. The van der Waals surface area contributed by atoms with Gasteiger partial charge in [-0.2, -0.15) is 0 Å². The molecule has 0 saturated carbocycles. The Balaban J connectivity index is 2.46. The smallest absolute Gasteiger partial charge is 0.153 e. The van der Waals surface area contributed by atoms with E-state index in [4.69, 9.17) is 10.8 Å². The van der Waals surface area contributed by atoms with Crippen LogP contribution in [-0.4, -0.2) is 61.2 Å². The molecule has 0 bridgehead atoms. The van der Waals surface area contributed by atoms with Crippen LogP contribution in [0.4, 0.5) is 0 Å². The summed E-state index contributed by atoms with van der Waals surface area (Å²) in [5.74, 6) is 0.463. The summed E-state index contributed by atoms with van der Waals surface area (Å²) in [4.78, 5) is 2.13. The summed E-state index contributed by atoms with van der Waals surface area (Å²) in [7, 11) is -2.85. The molecule has 2 unspecified atom stereocenters. The summed E-state index contributed by atoms with van der Waals surface area (Å²) in [6, 6.07) is 0.0493. The molecule has 0 spiro atoms. The predicted octanol–water partition coefficient (Wildman–Crippen LogP) is -0.795. The number of aliphatic hydroxyl groups is 1. The van der Waals surface area contributed by atoms with E-state index in [0.29, 0.717) is 13.0 Å². The van der Waals surface area contributed by atoms with E-state index >= 15 is 0 Å². The van der Waals surface area contributed by atoms with E-state index in [2.05, 4.69) is 4.90 Å². The highest BCUT2D eigenvalue weighted by Crippen LogP contribution is 2.14. The molecule has 0 aliphatic carbocycles. The van der Waals surface area contributed by atoms with Crippen molar-refractivity contribution < 1.29 is 13.5 Å². The Bertz CT molecular complexity index is 327. The van der Waals surface area contributed by atoms with Gasteiger partial charge in [-0.1, -0.05) is 0 Å². The van der Waals surface area contributed by atoms with E-state index < -0.39 is 15.4 Å². The average Bonchev–Trinajstić information content (AvgIpc) is 2.15. The number of nitrogens with zero attached hydrogens (tertiary/aromatic N) is 1. The molecule has 96 valence electrons. The van der Waals surface area contributed by atoms with Crippen LogP contribution in [-0.2, 0) is 9.84 Å². The summed E-state index contributed by atoms with van der Waals surface area (Å²) >= 11 is 0. The highest BCUT2D eigenvalue weighted by Gasteiger charge is 2.29. The molecule has 0 aromatic heterocycles. The van der Waals surface area contributed by atoms with Crippen LogP contribution in [0.3, 0.4) is 0 Å². The lowest BCUT2D eigenvalue weighted by Gasteiger charge is -2.35. The Kier molecular flexibility index (Phi) is 4.34. The SMILES string of the molecule is CC1CS(=O)(=O)CCN1CCC(C)(N)CO. The van der Waals surface area contributed by atoms with Gasteiger partial charge in [-0.3, -0.25) is 4.90 Å². The van der Waals surface area contributed by atoms with Crippen molar-refractivity contribution in [2.75, 3.05) is 31.2 Å². The van der Waals surface area contributed by atoms with Crippen LogP contribution in [0.1, 0.15) is 20.3 Å². The minimum Gasteiger partial charge on any atom is -0.394 e. The Hall–Kier alpha value is -0.170. The third-order valence-corrected chi connectivity index (χ3v) is 4.93. The molecule has 1 aliphatic rings. The summed E-state index contributed by atoms with van der Waals surface area (Å²) in [5, 5.41) is 9.03. The molecule has 1 heterocycles. The van der Waals surface area contributed by atoms with Crippen molar-refractivity contribution in [2.24, 2.45) is 5.73 Å². The van der Waals surface area contributed by atoms with E-state index in [1.807, 2.05) is 6.92 Å². The van der Waals surface area contributed by atoms with E-state index in [-0.39, 0.29) is 24.2 Å². The Morgan fingerprint density at radius 1 is 1.56 bits per heavy atom. The molecule has 16 heavy (non-hydrogen) atoms. The Labute approximate surface area is 97.5 Å². The van der Waals surface area contributed by atoms with E-state index in [1.165, 1.54) is 0 Å². The highest BCUT2D eigenvalue weighted by molar-refractivity contribution is 7.91. The van der Waals surface area contributed by atoms with Crippen molar-refractivity contribution in [1.29, 1.82) is 0 Å². The third-order valence-electron chi connectivity index (χ3n) is 3.14. The summed E-state index contributed by atoms with van der Waals surface area (Å²) in [6.07, 6.45) is 0.674. The lowest BCUT2D eigenvalue weighted by atomic mass is 10.00. The van der Waals surface area contributed by atoms with Crippen molar-refractivity contribution in [3.63, 3.8) is 0 Å². The largest absolute Gasteiger partial charge is 0.394 e. The fraction of sp³-hybridized carbons (Fsp3) is 1.00. The van der Waals surface area contributed by atoms with Crippen molar-refractivity contribution in [3.8, 4) is 0 Å². The van der Waals surface area contributed by atoms with Crippen LogP contribution < -0.4 is 5.73 Å². The molecular formula is C10H22N2O3S. The van der Waals surface area contributed by atoms with Crippen LogP contribution in [0.5, 0.6) is 0 Å². The van der Waals surface area contributed by atoms with Crippen LogP contribution in [0.15, 0.2) is 0 Å². The van der Waals surface area contributed by atoms with Gasteiger partial charge in [-0.05, 0) is 20.3 Å². The van der Waals surface area contributed by atoms with E-state index in [0.717, 1.165) is 6.54 Å². The second-order valence-corrected chi connectivity index (χ2v) is 7.29. The first-order valence-electron chi connectivity index (χ1n) is 5.60. The monoisotopic (exact) mass is 250 g/mol. The van der Waals surface area contributed by atoms with E-state index in [9.17, 15) is 8.42 Å². The normalized spacial score (nSPS) is 29.9. The van der Waals surface area contributed by atoms with Crippen molar-refractivity contribution >= 4 is 9.84 Å². The number of rotatable bonds is 4. The van der Waals surface area contributed by atoms with Crippen LogP contribution in [0.25, 0.3) is 0 Å². The maximum absolute atomic E-state index is 11.4. The first-order valence-corrected chi connectivity index (χ1v) is 7.42. The highest BCUT2D eigenvalue weighted by atomic mass is 32.2. The molecule has 0 radical (unpaired) electrons. The molecular weight excluding hydrogens is 228 g/mol. The van der Waals surface area contributed by atoms with Gasteiger partial charge >= 0.3 is 0 Å². The summed E-state index contributed by atoms with van der Waals surface area (Å²) in [5.41, 5.74) is 5.26. The van der Waals surface area contributed by atoms with Crippen LogP contribution in [0, 0.1) is 0 Å². The molecule has 1 fully saturated rings. The molecule has 5 nitrogen and oxygen atoms in total. The van der Waals surface area contributed by atoms with Crippen molar-refractivity contribution in [1.82, 2.24) is 4.90 Å². The molecule has 1 rings (SSSR count). The van der Waals surface area contributed by atoms with Gasteiger partial charge in [-0.15, -0.1) is 0 Å². The number of sulfone groups is 1. The maximum atomic E-state index is 11.4. The molecule has 2 atom stereocenters. The number of hydrogen-bond donors (Lipinski definition) is 2. The van der Waals surface area contributed by atoms with Gasteiger partial charge in [0.1, 0.15) is 0 Å². The van der Waals surface area contributed by atoms with Crippen molar-refractivity contribution in [2.45, 2.75) is 31.8 Å². The van der Waals surface area contributed by atoms with Gasteiger partial charge in [0, 0.05) is 24.7 Å². The molecule has 0 aromatic carbocycles. The summed E-state index contributed by atoms with van der Waals surface area (Å²) < 4.78 is 22.7. The van der Waals surface area contributed by atoms with Gasteiger partial charge in [0.25, 0.3) is 0 Å². The summed E-state index contributed by atoms with van der Waals surface area (Å²) in [6.45, 7) is 4.99. The van der Waals surface area contributed by atoms with Gasteiger partial charge in [0.15, 0.2) is 9.84 Å². The number of aliphatic hydroxyl groups excluding tert-OH is 1. The molecule has 3 N–H and O–H groups in total. The van der Waals surface area contributed by atoms with Gasteiger partial charge < -0.3 is 10.8 Å². The van der Waals surface area contributed by atoms with Gasteiger partial charge in [0.05, 0.1) is 18.1 Å². The fourth-order valence-electron chi connectivity index (χ4n) is 1.84. The third kappa shape index (κ3) is 4.01. The predicted molar refractivity (Wildman–Crippen MR) is 64.0 cm³/mol. The quantitative estimate of drug-likeness (QED) is 0.683. The fourth-order valence-corrected chi connectivity index (χ4v) is 3.47. The minimum atomic E-state index is -2.85. The van der Waals surface area contributed by atoms with Crippen molar-refractivity contribution in [3.05, 3.63) is 0 Å².